The first-order valence-corrected chi connectivity index (χ1v) is 13.1. The van der Waals surface area contributed by atoms with E-state index in [2.05, 4.69) is 9.97 Å². The number of aromatic amines is 1. The van der Waals surface area contributed by atoms with Crippen molar-refractivity contribution in [2.45, 2.75) is 46.8 Å². The minimum absolute atomic E-state index is 0.0369. The summed E-state index contributed by atoms with van der Waals surface area (Å²) in [5, 5.41) is 21.9. The number of rotatable bonds is 7. The molecule has 40 heavy (non-hydrogen) atoms. The molecule has 1 amide bonds. The minimum Gasteiger partial charge on any atom is -0.507 e. The fourth-order valence-electron chi connectivity index (χ4n) is 4.90. The standard InChI is InChI=1S/C31H31N3O6/c1-6-39-25-15-19(8-11-23(25)35)27-26(28(36)20-9-12-24(18(5)14-20)40-16(2)3)29(37)30(38)34(27)31-32-21-10-7-17(4)13-22(21)33-31/h7-16,27,35-36H,6H2,1-5H3,(H,32,33)/b28-26+. The van der Waals surface area contributed by atoms with Crippen LogP contribution in [0.5, 0.6) is 17.2 Å². The van der Waals surface area contributed by atoms with E-state index in [1.165, 1.54) is 11.0 Å². The lowest BCUT2D eigenvalue weighted by molar-refractivity contribution is -0.132. The van der Waals surface area contributed by atoms with Crippen LogP contribution in [0.3, 0.4) is 0 Å². The first-order chi connectivity index (χ1) is 19.1. The van der Waals surface area contributed by atoms with Crippen LogP contribution in [-0.2, 0) is 9.59 Å². The van der Waals surface area contributed by atoms with Crippen LogP contribution in [0.1, 0.15) is 49.1 Å². The van der Waals surface area contributed by atoms with Crippen LogP contribution in [0.25, 0.3) is 16.8 Å². The van der Waals surface area contributed by atoms with Crippen LogP contribution >= 0.6 is 0 Å². The molecule has 0 radical (unpaired) electrons. The Morgan fingerprint density at radius 2 is 1.82 bits per heavy atom. The number of aliphatic hydroxyl groups excluding tert-OH is 1. The van der Waals surface area contributed by atoms with E-state index in [4.69, 9.17) is 9.47 Å². The molecule has 0 saturated carbocycles. The predicted molar refractivity (Wildman–Crippen MR) is 152 cm³/mol. The van der Waals surface area contributed by atoms with Gasteiger partial charge in [0, 0.05) is 5.56 Å². The third kappa shape index (κ3) is 4.75. The number of ether oxygens (including phenoxy) is 2. The number of aryl methyl sites for hydroxylation is 2. The summed E-state index contributed by atoms with van der Waals surface area (Å²) in [5.74, 6) is -1.11. The van der Waals surface area contributed by atoms with E-state index in [0.29, 0.717) is 34.5 Å². The van der Waals surface area contributed by atoms with E-state index < -0.39 is 17.7 Å². The van der Waals surface area contributed by atoms with Gasteiger partial charge in [-0.25, -0.2) is 4.98 Å². The fourth-order valence-corrected chi connectivity index (χ4v) is 4.90. The van der Waals surface area contributed by atoms with Crippen molar-refractivity contribution in [1.82, 2.24) is 9.97 Å². The molecule has 0 spiro atoms. The molecule has 1 aliphatic rings. The van der Waals surface area contributed by atoms with Gasteiger partial charge in [0.1, 0.15) is 11.5 Å². The molecule has 0 aliphatic carbocycles. The van der Waals surface area contributed by atoms with Crippen molar-refractivity contribution in [3.8, 4) is 17.2 Å². The summed E-state index contributed by atoms with van der Waals surface area (Å²) in [6.07, 6.45) is -0.0369. The highest BCUT2D eigenvalue weighted by atomic mass is 16.5. The summed E-state index contributed by atoms with van der Waals surface area (Å²) in [7, 11) is 0. The van der Waals surface area contributed by atoms with Crippen molar-refractivity contribution in [3.63, 3.8) is 0 Å². The molecule has 4 aromatic rings. The molecule has 3 aromatic carbocycles. The molecule has 1 unspecified atom stereocenters. The number of benzene rings is 3. The van der Waals surface area contributed by atoms with E-state index in [1.54, 1.807) is 37.3 Å². The van der Waals surface area contributed by atoms with Crippen LogP contribution < -0.4 is 14.4 Å². The number of phenolic OH excluding ortho intramolecular Hbond substituents is 1. The quantitative estimate of drug-likeness (QED) is 0.156. The maximum absolute atomic E-state index is 13.6. The average molecular weight is 542 g/mol. The number of phenols is 1. The van der Waals surface area contributed by atoms with Gasteiger partial charge in [0.2, 0.25) is 5.95 Å². The molecule has 0 bridgehead atoms. The van der Waals surface area contributed by atoms with Gasteiger partial charge in [0.15, 0.2) is 11.5 Å². The van der Waals surface area contributed by atoms with Gasteiger partial charge in [-0.2, -0.15) is 0 Å². The van der Waals surface area contributed by atoms with Crippen LogP contribution in [0.4, 0.5) is 5.95 Å². The van der Waals surface area contributed by atoms with Crippen LogP contribution in [-0.4, -0.2) is 44.6 Å². The minimum atomic E-state index is -1.05. The molecule has 206 valence electrons. The van der Waals surface area contributed by atoms with E-state index in [0.717, 1.165) is 11.1 Å². The zero-order chi connectivity index (χ0) is 28.7. The SMILES string of the molecule is CCOc1cc(C2/C(=C(\O)c3ccc(OC(C)C)c(C)c3)C(=O)C(=O)N2c2nc3ccc(C)cc3[nH]2)ccc1O. The Kier molecular flexibility index (Phi) is 6.97. The lowest BCUT2D eigenvalue weighted by atomic mass is 9.94. The number of hydrogen-bond donors (Lipinski definition) is 3. The largest absolute Gasteiger partial charge is 0.507 e. The van der Waals surface area contributed by atoms with Crippen LogP contribution in [0, 0.1) is 13.8 Å². The smallest absolute Gasteiger partial charge is 0.302 e. The highest BCUT2D eigenvalue weighted by Gasteiger charge is 2.48. The molecule has 5 rings (SSSR count). The average Bonchev–Trinajstić information content (AvgIpc) is 3.43. The molecule has 1 aromatic heterocycles. The topological polar surface area (TPSA) is 125 Å². The number of nitrogens with one attached hydrogen (secondary N) is 1. The van der Waals surface area contributed by atoms with Crippen molar-refractivity contribution < 1.29 is 29.3 Å². The summed E-state index contributed by atoms with van der Waals surface area (Å²) in [4.78, 5) is 36.1. The number of Topliss-reactive ketones (excluding diaryl/α,β-unsaturated/α-hetero) is 1. The molecule has 9 heteroatoms. The van der Waals surface area contributed by atoms with Gasteiger partial charge in [-0.1, -0.05) is 12.1 Å². The Morgan fingerprint density at radius 1 is 1.05 bits per heavy atom. The normalized spacial score (nSPS) is 16.8. The lowest BCUT2D eigenvalue weighted by Crippen LogP contribution is -2.30. The van der Waals surface area contributed by atoms with Gasteiger partial charge in [-0.15, -0.1) is 0 Å². The Bertz CT molecular complexity index is 1670. The van der Waals surface area contributed by atoms with E-state index in [-0.39, 0.29) is 34.9 Å². The molecule has 1 atom stereocenters. The second-order valence-corrected chi connectivity index (χ2v) is 10.1. The number of aliphatic hydroxyl groups is 1. The Labute approximate surface area is 231 Å². The van der Waals surface area contributed by atoms with Crippen molar-refractivity contribution >= 4 is 34.4 Å². The number of carbonyl (C=O) groups is 2. The number of fused-ring (bicyclic) bond motifs is 1. The summed E-state index contributed by atoms with van der Waals surface area (Å²) < 4.78 is 11.4. The maximum Gasteiger partial charge on any atom is 0.302 e. The molecule has 1 aliphatic heterocycles. The molecule has 1 saturated heterocycles. The summed E-state index contributed by atoms with van der Waals surface area (Å²) >= 11 is 0. The van der Waals surface area contributed by atoms with Gasteiger partial charge >= 0.3 is 5.91 Å². The summed E-state index contributed by atoms with van der Waals surface area (Å²) in [6.45, 7) is 9.70. The van der Waals surface area contributed by atoms with Gasteiger partial charge in [0.05, 0.1) is 35.4 Å². The second kappa shape index (κ2) is 10.4. The zero-order valence-corrected chi connectivity index (χ0v) is 23.0. The number of hydrogen-bond acceptors (Lipinski definition) is 7. The maximum atomic E-state index is 13.6. The van der Waals surface area contributed by atoms with Gasteiger partial charge in [0.25, 0.3) is 5.78 Å². The number of amides is 1. The van der Waals surface area contributed by atoms with Crippen molar-refractivity contribution in [3.05, 3.63) is 82.4 Å². The summed E-state index contributed by atoms with van der Waals surface area (Å²) in [6, 6.07) is 14.3. The molecule has 9 nitrogen and oxygen atoms in total. The van der Waals surface area contributed by atoms with Crippen molar-refractivity contribution in [2.24, 2.45) is 0 Å². The first-order valence-electron chi connectivity index (χ1n) is 13.1. The Hall–Kier alpha value is -4.79. The van der Waals surface area contributed by atoms with Crippen LogP contribution in [0.15, 0.2) is 60.2 Å². The first kappa shape index (κ1) is 26.8. The highest BCUT2D eigenvalue weighted by Crippen LogP contribution is 2.44. The number of H-pyrrole nitrogens is 1. The van der Waals surface area contributed by atoms with E-state index in [1.807, 2.05) is 45.9 Å². The third-order valence-electron chi connectivity index (χ3n) is 6.71. The molecule has 1 fully saturated rings. The summed E-state index contributed by atoms with van der Waals surface area (Å²) in [5.41, 5.74) is 3.80. The second-order valence-electron chi connectivity index (χ2n) is 10.1. The van der Waals surface area contributed by atoms with E-state index in [9.17, 15) is 19.8 Å². The fraction of sp³-hybridized carbons (Fsp3) is 0.258. The molecule has 2 heterocycles. The number of carbonyl (C=O) groups excluding carboxylic acids is 2. The molecular weight excluding hydrogens is 510 g/mol. The molecular formula is C31H31N3O6. The van der Waals surface area contributed by atoms with Gasteiger partial charge < -0.3 is 24.7 Å². The van der Waals surface area contributed by atoms with Crippen molar-refractivity contribution in [1.29, 1.82) is 0 Å². The van der Waals surface area contributed by atoms with Gasteiger partial charge in [-0.3, -0.25) is 14.5 Å². The number of imidazole rings is 1. The Morgan fingerprint density at radius 3 is 2.52 bits per heavy atom. The monoisotopic (exact) mass is 541 g/mol. The number of aromatic hydroxyl groups is 1. The number of aromatic nitrogens is 2. The predicted octanol–water partition coefficient (Wildman–Crippen LogP) is 5.70. The zero-order valence-electron chi connectivity index (χ0n) is 23.0. The lowest BCUT2D eigenvalue weighted by Gasteiger charge is -2.23. The number of ketones is 1. The van der Waals surface area contributed by atoms with Crippen LogP contribution in [0.2, 0.25) is 0 Å². The number of anilines is 1. The van der Waals surface area contributed by atoms with Crippen molar-refractivity contribution in [2.75, 3.05) is 11.5 Å². The van der Waals surface area contributed by atoms with Gasteiger partial charge in [-0.05, 0) is 93.8 Å². The molecule has 3 N–H and O–H groups in total. The van der Waals surface area contributed by atoms with E-state index >= 15 is 0 Å². The Balaban J connectivity index is 1.71. The third-order valence-corrected chi connectivity index (χ3v) is 6.71. The highest BCUT2D eigenvalue weighted by molar-refractivity contribution is 6.51. The number of nitrogens with zero attached hydrogens (tertiary/aromatic N) is 2.